The van der Waals surface area contributed by atoms with Crippen molar-refractivity contribution in [1.29, 1.82) is 0 Å². The molecule has 0 aliphatic heterocycles. The van der Waals surface area contributed by atoms with Crippen molar-refractivity contribution in [2.24, 2.45) is 5.10 Å². The Bertz CT molecular complexity index is 982. The summed E-state index contributed by atoms with van der Waals surface area (Å²) < 4.78 is 12.2. The number of anilines is 1. The van der Waals surface area contributed by atoms with Gasteiger partial charge in [-0.25, -0.2) is 0 Å². The van der Waals surface area contributed by atoms with Gasteiger partial charge < -0.3 is 9.47 Å². The van der Waals surface area contributed by atoms with Crippen molar-refractivity contribution in [3.05, 3.63) is 86.3 Å². The van der Waals surface area contributed by atoms with E-state index in [1.165, 1.54) is 0 Å². The second-order valence-corrected chi connectivity index (χ2v) is 7.48. The normalized spacial score (nSPS) is 10.9. The number of rotatable bonds is 7. The number of nitrogens with zero attached hydrogens (tertiary/aromatic N) is 1. The molecule has 3 aromatic carbocycles. The monoisotopic (exact) mass is 478 g/mol. The van der Waals surface area contributed by atoms with Crippen LogP contribution in [0.4, 0.5) is 5.69 Å². The van der Waals surface area contributed by atoms with E-state index >= 15 is 0 Å². The smallest absolute Gasteiger partial charge is 0.162 e. The summed E-state index contributed by atoms with van der Waals surface area (Å²) in [6.07, 6.45) is 1.71. The molecule has 0 saturated carbocycles. The van der Waals surface area contributed by atoms with Crippen LogP contribution in [0.5, 0.6) is 11.5 Å². The lowest BCUT2D eigenvalue weighted by molar-refractivity contribution is 0.284. The molecule has 0 unspecified atom stereocenters. The molecule has 7 heteroatoms. The fourth-order valence-electron chi connectivity index (χ4n) is 2.41. The van der Waals surface area contributed by atoms with Crippen molar-refractivity contribution >= 4 is 51.0 Å². The largest absolute Gasteiger partial charge is 0.493 e. The van der Waals surface area contributed by atoms with E-state index in [0.717, 1.165) is 21.3 Å². The van der Waals surface area contributed by atoms with Crippen LogP contribution in [-0.4, -0.2) is 13.3 Å². The van der Waals surface area contributed by atoms with Crippen molar-refractivity contribution in [3.63, 3.8) is 0 Å². The Morgan fingerprint density at radius 1 is 1.04 bits per heavy atom. The lowest BCUT2D eigenvalue weighted by Gasteiger charge is -2.13. The first-order chi connectivity index (χ1) is 13.6. The molecule has 0 aromatic heterocycles. The van der Waals surface area contributed by atoms with Crippen molar-refractivity contribution in [2.75, 3.05) is 12.5 Å². The number of halogens is 3. The summed E-state index contributed by atoms with van der Waals surface area (Å²) in [4.78, 5) is 0. The number of hydrazone groups is 1. The van der Waals surface area contributed by atoms with Gasteiger partial charge in [-0.2, -0.15) is 5.10 Å². The van der Waals surface area contributed by atoms with Gasteiger partial charge in [0.25, 0.3) is 0 Å². The van der Waals surface area contributed by atoms with E-state index in [0.29, 0.717) is 28.2 Å². The molecule has 4 nitrogen and oxygen atoms in total. The predicted molar refractivity (Wildman–Crippen MR) is 119 cm³/mol. The van der Waals surface area contributed by atoms with Crippen LogP contribution < -0.4 is 14.9 Å². The SMILES string of the molecule is COc1cc(C=NNc2ccccc2)c(Br)cc1OCc1ccc(Cl)cc1Cl. The molecule has 0 saturated heterocycles. The molecule has 0 aliphatic carbocycles. The summed E-state index contributed by atoms with van der Waals surface area (Å²) >= 11 is 15.7. The summed E-state index contributed by atoms with van der Waals surface area (Å²) in [5, 5.41) is 5.40. The Kier molecular flexibility index (Phi) is 7.20. The van der Waals surface area contributed by atoms with Crippen LogP contribution in [0, 0.1) is 0 Å². The number of hydrogen-bond donors (Lipinski definition) is 1. The van der Waals surface area contributed by atoms with Crippen LogP contribution in [0.3, 0.4) is 0 Å². The first kappa shape index (κ1) is 20.5. The molecular weight excluding hydrogens is 463 g/mol. The molecule has 0 heterocycles. The molecule has 0 bridgehead atoms. The molecule has 0 spiro atoms. The number of methoxy groups -OCH3 is 1. The zero-order valence-corrected chi connectivity index (χ0v) is 18.1. The second kappa shape index (κ2) is 9.82. The highest BCUT2D eigenvalue weighted by Gasteiger charge is 2.11. The maximum Gasteiger partial charge on any atom is 0.162 e. The van der Waals surface area contributed by atoms with Crippen LogP contribution in [-0.2, 0) is 6.61 Å². The third kappa shape index (κ3) is 5.41. The third-order valence-corrected chi connectivity index (χ3v) is 5.13. The number of nitrogens with one attached hydrogen (secondary N) is 1. The van der Waals surface area contributed by atoms with E-state index in [-0.39, 0.29) is 0 Å². The highest BCUT2D eigenvalue weighted by atomic mass is 79.9. The van der Waals surface area contributed by atoms with Crippen LogP contribution >= 0.6 is 39.1 Å². The van der Waals surface area contributed by atoms with Gasteiger partial charge in [0.2, 0.25) is 0 Å². The van der Waals surface area contributed by atoms with Gasteiger partial charge in [0.05, 0.1) is 19.0 Å². The van der Waals surface area contributed by atoms with Gasteiger partial charge in [-0.05, 0) is 52.3 Å². The highest BCUT2D eigenvalue weighted by molar-refractivity contribution is 9.10. The predicted octanol–water partition coefficient (Wildman–Crippen LogP) is 6.79. The van der Waals surface area contributed by atoms with E-state index in [1.54, 1.807) is 25.5 Å². The van der Waals surface area contributed by atoms with Crippen molar-refractivity contribution in [2.45, 2.75) is 6.61 Å². The highest BCUT2D eigenvalue weighted by Crippen LogP contribution is 2.34. The standard InChI is InChI=1S/C21H17BrCl2N2O2/c1-27-20-9-15(12-25-26-17-5-3-2-4-6-17)18(22)11-21(20)28-13-14-7-8-16(23)10-19(14)24/h2-12,26H,13H2,1H3. The molecule has 0 aliphatic rings. The van der Waals surface area contributed by atoms with Gasteiger partial charge >= 0.3 is 0 Å². The van der Waals surface area contributed by atoms with E-state index < -0.39 is 0 Å². The molecule has 1 N–H and O–H groups in total. The molecule has 0 fully saturated rings. The quantitative estimate of drug-likeness (QED) is 0.299. The summed E-state index contributed by atoms with van der Waals surface area (Å²) in [7, 11) is 1.59. The van der Waals surface area contributed by atoms with Crippen molar-refractivity contribution in [1.82, 2.24) is 0 Å². The summed E-state index contributed by atoms with van der Waals surface area (Å²) in [5.41, 5.74) is 5.56. The van der Waals surface area contributed by atoms with Crippen LogP contribution in [0.2, 0.25) is 10.0 Å². The molecule has 28 heavy (non-hydrogen) atoms. The van der Waals surface area contributed by atoms with Gasteiger partial charge in [0, 0.05) is 25.6 Å². The Hall–Kier alpha value is -2.21. The van der Waals surface area contributed by atoms with E-state index in [4.69, 9.17) is 32.7 Å². The Morgan fingerprint density at radius 3 is 2.54 bits per heavy atom. The van der Waals surface area contributed by atoms with Gasteiger partial charge in [0.15, 0.2) is 11.5 Å². The number of hydrogen-bond acceptors (Lipinski definition) is 4. The van der Waals surface area contributed by atoms with Gasteiger partial charge in [-0.1, -0.05) is 47.5 Å². The van der Waals surface area contributed by atoms with Gasteiger partial charge in [0.1, 0.15) is 6.61 Å². The number of para-hydroxylation sites is 1. The molecular formula is C21H17BrCl2N2O2. The summed E-state index contributed by atoms with van der Waals surface area (Å²) in [6, 6.07) is 18.7. The van der Waals surface area contributed by atoms with Gasteiger partial charge in [-0.15, -0.1) is 0 Å². The topological polar surface area (TPSA) is 42.8 Å². The molecule has 0 radical (unpaired) electrons. The van der Waals surface area contributed by atoms with Crippen LogP contribution in [0.1, 0.15) is 11.1 Å². The Morgan fingerprint density at radius 2 is 1.82 bits per heavy atom. The maximum absolute atomic E-state index is 6.20. The number of ether oxygens (including phenoxy) is 2. The van der Waals surface area contributed by atoms with Crippen molar-refractivity contribution in [3.8, 4) is 11.5 Å². The minimum atomic E-state index is 0.293. The molecule has 3 aromatic rings. The fourth-order valence-corrected chi connectivity index (χ4v) is 3.29. The van der Waals surface area contributed by atoms with E-state index in [1.807, 2.05) is 48.5 Å². The fraction of sp³-hybridized carbons (Fsp3) is 0.0952. The third-order valence-electron chi connectivity index (χ3n) is 3.85. The molecule has 0 atom stereocenters. The Labute approximate surface area is 182 Å². The zero-order chi connectivity index (χ0) is 19.9. The Balaban J connectivity index is 1.73. The average molecular weight is 480 g/mol. The first-order valence-corrected chi connectivity index (χ1v) is 9.90. The van der Waals surface area contributed by atoms with Crippen LogP contribution in [0.25, 0.3) is 0 Å². The van der Waals surface area contributed by atoms with Gasteiger partial charge in [-0.3, -0.25) is 5.43 Å². The minimum Gasteiger partial charge on any atom is -0.493 e. The van der Waals surface area contributed by atoms with E-state index in [9.17, 15) is 0 Å². The lowest BCUT2D eigenvalue weighted by atomic mass is 10.2. The van der Waals surface area contributed by atoms with E-state index in [2.05, 4.69) is 26.5 Å². The average Bonchev–Trinajstić information content (AvgIpc) is 2.69. The summed E-state index contributed by atoms with van der Waals surface area (Å²) in [5.74, 6) is 1.18. The lowest BCUT2D eigenvalue weighted by Crippen LogP contribution is -2.00. The number of benzene rings is 3. The first-order valence-electron chi connectivity index (χ1n) is 8.35. The molecule has 3 rings (SSSR count). The summed E-state index contributed by atoms with van der Waals surface area (Å²) in [6.45, 7) is 0.293. The van der Waals surface area contributed by atoms with Crippen molar-refractivity contribution < 1.29 is 9.47 Å². The van der Waals surface area contributed by atoms with Crippen LogP contribution in [0.15, 0.2) is 70.2 Å². The maximum atomic E-state index is 6.20. The molecule has 144 valence electrons. The minimum absolute atomic E-state index is 0.293. The molecule has 0 amide bonds. The zero-order valence-electron chi connectivity index (χ0n) is 15.0. The second-order valence-electron chi connectivity index (χ2n) is 5.79.